The van der Waals surface area contributed by atoms with Gasteiger partial charge in [0, 0.05) is 23.3 Å². The fraction of sp³-hybridized carbons (Fsp3) is 0.625. The van der Waals surface area contributed by atoms with Gasteiger partial charge in [0.2, 0.25) is 0 Å². The highest BCUT2D eigenvalue weighted by Gasteiger charge is 2.51. The third-order valence-corrected chi connectivity index (χ3v) is 5.99. The van der Waals surface area contributed by atoms with Gasteiger partial charge in [0.25, 0.3) is 0 Å². The van der Waals surface area contributed by atoms with Crippen LogP contribution in [-0.2, 0) is 9.47 Å². The molecule has 1 aromatic carbocycles. The molecule has 4 heteroatoms. The highest BCUT2D eigenvalue weighted by Crippen LogP contribution is 2.44. The molecule has 1 fully saturated rings. The number of Topliss-reactive ketones (excluding diaryl/α,β-unsaturated/α-hetero) is 1. The van der Waals surface area contributed by atoms with Gasteiger partial charge in [0.15, 0.2) is 11.6 Å². The zero-order valence-corrected chi connectivity index (χ0v) is 18.1. The van der Waals surface area contributed by atoms with Crippen molar-refractivity contribution in [3.63, 3.8) is 0 Å². The van der Waals surface area contributed by atoms with Gasteiger partial charge in [-0.25, -0.2) is 0 Å². The van der Waals surface area contributed by atoms with Crippen molar-refractivity contribution in [3.8, 4) is 0 Å². The summed E-state index contributed by atoms with van der Waals surface area (Å²) >= 11 is 0. The summed E-state index contributed by atoms with van der Waals surface area (Å²) in [6.45, 7) is 15.9. The van der Waals surface area contributed by atoms with Crippen LogP contribution in [0, 0.1) is 17.3 Å². The first-order chi connectivity index (χ1) is 13.0. The molecular formula is C24H36O4. The lowest BCUT2D eigenvalue weighted by Gasteiger charge is -2.52. The van der Waals surface area contributed by atoms with Crippen molar-refractivity contribution in [1.82, 2.24) is 0 Å². The van der Waals surface area contributed by atoms with Gasteiger partial charge in [0.1, 0.15) is 0 Å². The number of ether oxygens (including phenoxy) is 2. The Morgan fingerprint density at radius 1 is 1.29 bits per heavy atom. The molecule has 0 radical (unpaired) electrons. The Morgan fingerprint density at radius 3 is 2.46 bits per heavy atom. The number of aliphatic hydroxyl groups is 1. The molecule has 2 rings (SSSR count). The summed E-state index contributed by atoms with van der Waals surface area (Å²) in [5.74, 6) is -0.453. The van der Waals surface area contributed by atoms with Crippen LogP contribution in [0.4, 0.5) is 0 Å². The lowest BCUT2D eigenvalue weighted by atomic mass is 9.70. The maximum atomic E-state index is 12.6. The molecule has 156 valence electrons. The van der Waals surface area contributed by atoms with Crippen LogP contribution in [-0.4, -0.2) is 35.0 Å². The summed E-state index contributed by atoms with van der Waals surface area (Å²) in [5.41, 5.74) is 0.00736. The summed E-state index contributed by atoms with van der Waals surface area (Å²) in [5, 5.41) is 11.0. The number of aliphatic hydroxyl groups excluding tert-OH is 1. The monoisotopic (exact) mass is 388 g/mol. The number of rotatable bonds is 8. The largest absolute Gasteiger partial charge is 0.392 e. The lowest BCUT2D eigenvalue weighted by molar-refractivity contribution is -0.348. The minimum absolute atomic E-state index is 0.0111. The number of hydrogen-bond acceptors (Lipinski definition) is 4. The zero-order valence-electron chi connectivity index (χ0n) is 18.1. The van der Waals surface area contributed by atoms with Crippen LogP contribution in [0.5, 0.6) is 0 Å². The van der Waals surface area contributed by atoms with E-state index in [1.165, 1.54) is 0 Å². The molecule has 5 atom stereocenters. The van der Waals surface area contributed by atoms with Gasteiger partial charge in [0.05, 0.1) is 18.3 Å². The molecule has 0 aromatic heterocycles. The van der Waals surface area contributed by atoms with Crippen LogP contribution in [0.25, 0.3) is 0 Å². The van der Waals surface area contributed by atoms with Crippen molar-refractivity contribution >= 4 is 5.78 Å². The van der Waals surface area contributed by atoms with Crippen LogP contribution in [0.15, 0.2) is 43.0 Å². The summed E-state index contributed by atoms with van der Waals surface area (Å²) in [6.07, 6.45) is 1.76. The lowest BCUT2D eigenvalue weighted by Crippen LogP contribution is -2.59. The smallest absolute Gasteiger partial charge is 0.165 e. The van der Waals surface area contributed by atoms with Gasteiger partial charge < -0.3 is 14.6 Å². The fourth-order valence-corrected chi connectivity index (χ4v) is 4.28. The quantitative estimate of drug-likeness (QED) is 0.502. The Kier molecular flexibility index (Phi) is 7.24. The molecule has 0 unspecified atom stereocenters. The normalized spacial score (nSPS) is 27.0. The molecule has 0 amide bonds. The van der Waals surface area contributed by atoms with Crippen LogP contribution >= 0.6 is 0 Å². The highest BCUT2D eigenvalue weighted by molar-refractivity contribution is 5.96. The average molecular weight is 389 g/mol. The van der Waals surface area contributed by atoms with E-state index in [-0.39, 0.29) is 36.2 Å². The predicted molar refractivity (Wildman–Crippen MR) is 112 cm³/mol. The van der Waals surface area contributed by atoms with Crippen molar-refractivity contribution in [2.24, 2.45) is 17.3 Å². The van der Waals surface area contributed by atoms with Crippen molar-refractivity contribution < 1.29 is 19.4 Å². The second-order valence-corrected chi connectivity index (χ2v) is 9.21. The Bertz CT molecular complexity index is 664. The van der Waals surface area contributed by atoms with Crippen molar-refractivity contribution in [1.29, 1.82) is 0 Å². The molecule has 1 N–H and O–H groups in total. The number of carbonyl (C=O) groups is 1. The second kappa shape index (κ2) is 8.89. The van der Waals surface area contributed by atoms with Crippen molar-refractivity contribution in [2.45, 2.75) is 78.5 Å². The van der Waals surface area contributed by atoms with E-state index in [4.69, 9.17) is 9.47 Å². The topological polar surface area (TPSA) is 55.8 Å². The molecule has 0 saturated carbocycles. The number of benzene rings is 1. The molecule has 1 aromatic rings. The van der Waals surface area contributed by atoms with E-state index in [0.29, 0.717) is 5.56 Å². The van der Waals surface area contributed by atoms with Gasteiger partial charge in [-0.2, -0.15) is 0 Å². The fourth-order valence-electron chi connectivity index (χ4n) is 4.28. The van der Waals surface area contributed by atoms with Crippen molar-refractivity contribution in [2.75, 3.05) is 0 Å². The van der Waals surface area contributed by atoms with Gasteiger partial charge in [-0.3, -0.25) is 4.79 Å². The van der Waals surface area contributed by atoms with E-state index in [0.717, 1.165) is 6.42 Å². The Labute approximate surface area is 169 Å². The van der Waals surface area contributed by atoms with Crippen LogP contribution in [0.1, 0.15) is 64.7 Å². The molecule has 4 nitrogen and oxygen atoms in total. The van der Waals surface area contributed by atoms with E-state index in [2.05, 4.69) is 20.4 Å². The third kappa shape index (κ3) is 5.11. The van der Waals surface area contributed by atoms with Crippen LogP contribution in [0.3, 0.4) is 0 Å². The zero-order chi connectivity index (χ0) is 21.1. The van der Waals surface area contributed by atoms with E-state index < -0.39 is 17.3 Å². The first-order valence-electron chi connectivity index (χ1n) is 10.2. The minimum atomic E-state index is -0.822. The highest BCUT2D eigenvalue weighted by atomic mass is 16.7. The molecule has 0 bridgehead atoms. The summed E-state index contributed by atoms with van der Waals surface area (Å²) in [4.78, 5) is 12.6. The SMILES string of the molecule is C=CC[C@@H](C)[C@H]1OC(C)(C)O[C@H](C(C)(C)[C@@H](O)CC(=O)c2ccccc2)[C@H]1C. The van der Waals surface area contributed by atoms with Gasteiger partial charge >= 0.3 is 0 Å². The predicted octanol–water partition coefficient (Wildman–Crippen LogP) is 5.01. The Hall–Kier alpha value is -1.49. The Balaban J connectivity index is 2.21. The number of allylic oxidation sites excluding steroid dienone is 1. The Morgan fingerprint density at radius 2 is 1.89 bits per heavy atom. The standard InChI is InChI=1S/C24H36O4/c1-8-12-16(2)21-17(3)22(28-24(6,7)27-21)23(4,5)20(26)15-19(25)18-13-10-9-11-14-18/h8-11,13-14,16-17,20-22,26H,1,12,15H2,2-7H3/t16-,17+,20+,21-,22+/m1/s1. The third-order valence-electron chi connectivity index (χ3n) is 5.99. The van der Waals surface area contributed by atoms with E-state index in [1.54, 1.807) is 12.1 Å². The molecular weight excluding hydrogens is 352 g/mol. The minimum Gasteiger partial charge on any atom is -0.392 e. The summed E-state index contributed by atoms with van der Waals surface area (Å²) in [6, 6.07) is 9.11. The van der Waals surface area contributed by atoms with Crippen LogP contribution < -0.4 is 0 Å². The number of hydrogen-bond donors (Lipinski definition) is 1. The molecule has 1 aliphatic rings. The molecule has 28 heavy (non-hydrogen) atoms. The van der Waals surface area contributed by atoms with Gasteiger partial charge in [-0.05, 0) is 26.2 Å². The van der Waals surface area contributed by atoms with E-state index >= 15 is 0 Å². The van der Waals surface area contributed by atoms with Crippen molar-refractivity contribution in [3.05, 3.63) is 48.6 Å². The molecule has 0 spiro atoms. The summed E-state index contributed by atoms with van der Waals surface area (Å²) < 4.78 is 12.5. The summed E-state index contributed by atoms with van der Waals surface area (Å²) in [7, 11) is 0. The first kappa shape index (κ1) is 22.8. The molecule has 1 aliphatic heterocycles. The number of carbonyl (C=O) groups excluding carboxylic acids is 1. The maximum absolute atomic E-state index is 12.6. The average Bonchev–Trinajstić information content (AvgIpc) is 2.64. The molecule has 1 heterocycles. The van der Waals surface area contributed by atoms with Crippen LogP contribution in [0.2, 0.25) is 0 Å². The molecule has 0 aliphatic carbocycles. The van der Waals surface area contributed by atoms with Gasteiger partial charge in [-0.15, -0.1) is 6.58 Å². The second-order valence-electron chi connectivity index (χ2n) is 9.21. The number of ketones is 1. The first-order valence-corrected chi connectivity index (χ1v) is 10.2. The van der Waals surface area contributed by atoms with E-state index in [1.807, 2.05) is 52.0 Å². The van der Waals surface area contributed by atoms with Gasteiger partial charge in [-0.1, -0.05) is 64.1 Å². The molecule has 1 saturated heterocycles. The van der Waals surface area contributed by atoms with E-state index in [9.17, 15) is 9.90 Å². The maximum Gasteiger partial charge on any atom is 0.165 e.